The van der Waals surface area contributed by atoms with E-state index >= 15 is 0 Å². The first-order chi connectivity index (χ1) is 8.76. The molecule has 1 saturated carbocycles. The van der Waals surface area contributed by atoms with Crippen LogP contribution < -0.4 is 5.32 Å². The Morgan fingerprint density at radius 3 is 3.17 bits per heavy atom. The molecule has 2 unspecified atom stereocenters. The van der Waals surface area contributed by atoms with Crippen molar-refractivity contribution in [2.75, 3.05) is 11.6 Å². The quantitative estimate of drug-likeness (QED) is 0.877. The molecule has 1 fully saturated rings. The third-order valence-electron chi connectivity index (χ3n) is 3.29. The summed E-state index contributed by atoms with van der Waals surface area (Å²) in [6, 6.07) is 2.28. The van der Waals surface area contributed by atoms with E-state index in [4.69, 9.17) is 11.6 Å². The predicted molar refractivity (Wildman–Crippen MR) is 74.4 cm³/mol. The highest BCUT2D eigenvalue weighted by atomic mass is 35.5. The van der Waals surface area contributed by atoms with Crippen LogP contribution in [-0.2, 0) is 0 Å². The molecule has 0 aliphatic heterocycles. The first-order valence-electron chi connectivity index (χ1n) is 5.92. The minimum atomic E-state index is 0.442. The number of anilines is 1. The van der Waals surface area contributed by atoms with Crippen molar-refractivity contribution in [2.45, 2.75) is 30.6 Å². The fourth-order valence-electron chi connectivity index (χ4n) is 2.38. The van der Waals surface area contributed by atoms with Crippen molar-refractivity contribution in [3.8, 4) is 0 Å². The van der Waals surface area contributed by atoms with Gasteiger partial charge in [0.25, 0.3) is 5.78 Å². The maximum Gasteiger partial charge on any atom is 0.255 e. The fraction of sp³-hybridized carbons (Fsp3) is 0.545. The molecule has 3 rings (SSSR count). The smallest absolute Gasteiger partial charge is 0.255 e. The molecule has 7 heteroatoms. The van der Waals surface area contributed by atoms with E-state index in [1.165, 1.54) is 25.6 Å². The molecular formula is C11H14ClN5S. The van der Waals surface area contributed by atoms with Crippen LogP contribution in [0.25, 0.3) is 5.78 Å². The van der Waals surface area contributed by atoms with Crippen LogP contribution in [0.5, 0.6) is 0 Å². The highest BCUT2D eigenvalue weighted by molar-refractivity contribution is 7.99. The number of hydrogen-bond donors (Lipinski definition) is 1. The normalized spacial score (nSPS) is 23.7. The summed E-state index contributed by atoms with van der Waals surface area (Å²) in [5, 5.41) is 8.85. The topological polar surface area (TPSA) is 55.1 Å². The lowest BCUT2D eigenvalue weighted by Crippen LogP contribution is -2.18. The molecule has 2 aromatic heterocycles. The van der Waals surface area contributed by atoms with Crippen molar-refractivity contribution >= 4 is 35.0 Å². The van der Waals surface area contributed by atoms with Gasteiger partial charge in [0.1, 0.15) is 17.3 Å². The van der Waals surface area contributed by atoms with Gasteiger partial charge in [-0.25, -0.2) is 0 Å². The molecule has 2 aromatic rings. The largest absolute Gasteiger partial charge is 0.367 e. The van der Waals surface area contributed by atoms with Gasteiger partial charge in [0, 0.05) is 17.4 Å². The predicted octanol–water partition coefficient (Wildman–Crippen LogP) is 2.47. The number of hydrogen-bond acceptors (Lipinski definition) is 5. The van der Waals surface area contributed by atoms with Crippen LogP contribution in [0.2, 0.25) is 5.15 Å². The zero-order valence-electron chi connectivity index (χ0n) is 10.0. The molecule has 2 heterocycles. The molecule has 18 heavy (non-hydrogen) atoms. The van der Waals surface area contributed by atoms with Crippen molar-refractivity contribution in [3.05, 3.63) is 17.5 Å². The number of thioether (sulfide) groups is 1. The molecule has 1 aliphatic carbocycles. The number of fused-ring (bicyclic) bond motifs is 1. The fourth-order valence-corrected chi connectivity index (χ4v) is 3.36. The van der Waals surface area contributed by atoms with Crippen molar-refractivity contribution < 1.29 is 0 Å². The Labute approximate surface area is 114 Å². The second-order valence-electron chi connectivity index (χ2n) is 4.45. The Morgan fingerprint density at radius 2 is 2.39 bits per heavy atom. The van der Waals surface area contributed by atoms with Gasteiger partial charge in [-0.1, -0.05) is 11.6 Å². The molecule has 0 radical (unpaired) electrons. The minimum absolute atomic E-state index is 0.442. The molecular weight excluding hydrogens is 270 g/mol. The molecule has 0 amide bonds. The second-order valence-corrected chi connectivity index (χ2v) is 5.97. The zero-order chi connectivity index (χ0) is 12.5. The highest BCUT2D eigenvalue weighted by Gasteiger charge is 2.24. The molecule has 0 saturated heterocycles. The van der Waals surface area contributed by atoms with E-state index in [-0.39, 0.29) is 0 Å². The van der Waals surface area contributed by atoms with Crippen LogP contribution in [0.1, 0.15) is 19.3 Å². The number of halogens is 1. The van der Waals surface area contributed by atoms with E-state index in [1.54, 1.807) is 10.6 Å². The first kappa shape index (κ1) is 12.0. The molecule has 1 N–H and O–H groups in total. The Balaban J connectivity index is 1.84. The van der Waals surface area contributed by atoms with E-state index in [2.05, 4.69) is 26.6 Å². The Morgan fingerprint density at radius 1 is 1.50 bits per heavy atom. The SMILES string of the molecule is CSC1CCC(Nc2cc(Cl)nc3ncnn23)C1. The van der Waals surface area contributed by atoms with E-state index in [0.717, 1.165) is 11.1 Å². The molecule has 2 atom stereocenters. The van der Waals surface area contributed by atoms with Gasteiger partial charge < -0.3 is 5.32 Å². The van der Waals surface area contributed by atoms with Gasteiger partial charge >= 0.3 is 0 Å². The summed E-state index contributed by atoms with van der Waals surface area (Å²) < 4.78 is 1.69. The second kappa shape index (κ2) is 4.93. The number of aromatic nitrogens is 4. The average Bonchev–Trinajstić information content (AvgIpc) is 2.97. The molecule has 0 spiro atoms. The lowest BCUT2D eigenvalue weighted by molar-refractivity contribution is 0.742. The van der Waals surface area contributed by atoms with Crippen molar-refractivity contribution in [1.29, 1.82) is 0 Å². The standard InChI is InChI=1S/C11H14ClN5S/c1-18-8-3-2-7(4-8)15-10-5-9(12)16-11-13-6-14-17(10)11/h5-8,15H,2-4H2,1H3. The van der Waals surface area contributed by atoms with Crippen LogP contribution in [-0.4, -0.2) is 37.1 Å². The average molecular weight is 284 g/mol. The summed E-state index contributed by atoms with van der Waals surface area (Å²) in [6.45, 7) is 0. The molecule has 0 aromatic carbocycles. The zero-order valence-corrected chi connectivity index (χ0v) is 11.6. The van der Waals surface area contributed by atoms with Gasteiger partial charge in [-0.15, -0.1) is 0 Å². The molecule has 96 valence electrons. The highest BCUT2D eigenvalue weighted by Crippen LogP contribution is 2.30. The van der Waals surface area contributed by atoms with Crippen LogP contribution in [0, 0.1) is 0 Å². The summed E-state index contributed by atoms with van der Waals surface area (Å²) in [5.41, 5.74) is 0. The monoisotopic (exact) mass is 283 g/mol. The van der Waals surface area contributed by atoms with E-state index < -0.39 is 0 Å². The third kappa shape index (κ3) is 2.27. The van der Waals surface area contributed by atoms with E-state index in [1.807, 2.05) is 11.8 Å². The summed E-state index contributed by atoms with van der Waals surface area (Å²) in [6.07, 6.45) is 7.28. The Hall–Kier alpha value is -1.01. The lowest BCUT2D eigenvalue weighted by Gasteiger charge is -2.14. The molecule has 0 bridgehead atoms. The maximum atomic E-state index is 5.99. The third-order valence-corrected chi connectivity index (χ3v) is 4.58. The van der Waals surface area contributed by atoms with Crippen LogP contribution in [0.15, 0.2) is 12.4 Å². The first-order valence-corrected chi connectivity index (χ1v) is 7.58. The van der Waals surface area contributed by atoms with Crippen molar-refractivity contribution in [2.24, 2.45) is 0 Å². The Kier molecular flexibility index (Phi) is 3.30. The van der Waals surface area contributed by atoms with E-state index in [9.17, 15) is 0 Å². The number of nitrogens with one attached hydrogen (secondary N) is 1. The molecule has 5 nitrogen and oxygen atoms in total. The number of rotatable bonds is 3. The van der Waals surface area contributed by atoms with Crippen molar-refractivity contribution in [1.82, 2.24) is 19.6 Å². The summed E-state index contributed by atoms with van der Waals surface area (Å²) in [5.74, 6) is 1.40. The van der Waals surface area contributed by atoms with Crippen LogP contribution in [0.4, 0.5) is 5.82 Å². The molecule has 1 aliphatic rings. The lowest BCUT2D eigenvalue weighted by atomic mass is 10.2. The van der Waals surface area contributed by atoms with Crippen LogP contribution >= 0.6 is 23.4 Å². The van der Waals surface area contributed by atoms with Gasteiger partial charge in [0.15, 0.2) is 0 Å². The van der Waals surface area contributed by atoms with Gasteiger partial charge in [-0.05, 0) is 25.5 Å². The maximum absolute atomic E-state index is 5.99. The number of nitrogens with zero attached hydrogens (tertiary/aromatic N) is 4. The summed E-state index contributed by atoms with van der Waals surface area (Å²) in [4.78, 5) is 8.17. The Bertz CT molecular complexity index is 557. The summed E-state index contributed by atoms with van der Waals surface area (Å²) in [7, 11) is 0. The van der Waals surface area contributed by atoms with Gasteiger partial charge in [-0.3, -0.25) is 0 Å². The van der Waals surface area contributed by atoms with E-state index in [0.29, 0.717) is 17.0 Å². The van der Waals surface area contributed by atoms with Crippen molar-refractivity contribution in [3.63, 3.8) is 0 Å². The summed E-state index contributed by atoms with van der Waals surface area (Å²) >= 11 is 7.93. The van der Waals surface area contributed by atoms with Gasteiger partial charge in [-0.2, -0.15) is 31.3 Å². The minimum Gasteiger partial charge on any atom is -0.367 e. The van der Waals surface area contributed by atoms with Crippen LogP contribution in [0.3, 0.4) is 0 Å². The van der Waals surface area contributed by atoms with Gasteiger partial charge in [0.05, 0.1) is 0 Å². The van der Waals surface area contributed by atoms with Gasteiger partial charge in [0.2, 0.25) is 0 Å².